The molecule has 3 N–H and O–H groups in total. The summed E-state index contributed by atoms with van der Waals surface area (Å²) in [6.07, 6.45) is 1.26. The van der Waals surface area contributed by atoms with E-state index in [1.54, 1.807) is 32.9 Å². The molecule has 0 saturated carbocycles. The van der Waals surface area contributed by atoms with E-state index in [0.29, 0.717) is 16.4 Å². The van der Waals surface area contributed by atoms with E-state index in [2.05, 4.69) is 15.5 Å². The third-order valence-electron chi connectivity index (χ3n) is 5.53. The molecule has 32 heavy (non-hydrogen) atoms. The third kappa shape index (κ3) is 5.13. The molecule has 0 bridgehead atoms. The van der Waals surface area contributed by atoms with Gasteiger partial charge < -0.3 is 24.5 Å². The van der Waals surface area contributed by atoms with Crippen molar-refractivity contribution in [2.45, 2.75) is 65.3 Å². The summed E-state index contributed by atoms with van der Waals surface area (Å²) in [7, 11) is -0.700. The van der Waals surface area contributed by atoms with Gasteiger partial charge in [0.2, 0.25) is 0 Å². The maximum absolute atomic E-state index is 12.2. The number of carboxylic acids is 1. The minimum atomic E-state index is -1.12. The number of aromatic carboxylic acids is 1. The lowest BCUT2D eigenvalue weighted by Crippen LogP contribution is -2.41. The van der Waals surface area contributed by atoms with Crippen LogP contribution in [-0.4, -0.2) is 57.8 Å². The lowest BCUT2D eigenvalue weighted by molar-refractivity contribution is 0.00578. The van der Waals surface area contributed by atoms with Crippen molar-refractivity contribution in [1.29, 1.82) is 0 Å². The number of aromatic amines is 1. The standard InChI is InChI=1S/C22H30BN3O6/c1-20(2,3)30-19(29)24-12-14(23-31-21(4,5)22(6,7)32-23)10-13-8-9-16-15(11-13)17(18(27)28)26-25-16/h8-11H,12H2,1-7H3,(H,24,29)(H,25,26)(H,27,28). The lowest BCUT2D eigenvalue weighted by Gasteiger charge is -2.32. The fourth-order valence-corrected chi connectivity index (χ4v) is 3.18. The van der Waals surface area contributed by atoms with E-state index in [4.69, 9.17) is 14.0 Å². The minimum Gasteiger partial charge on any atom is -0.476 e. The molecule has 1 aromatic heterocycles. The zero-order valence-electron chi connectivity index (χ0n) is 19.5. The number of fused-ring (bicyclic) bond motifs is 1. The number of aromatic nitrogens is 2. The number of rotatable bonds is 5. The second-order valence-electron chi connectivity index (χ2n) is 9.85. The number of H-pyrrole nitrogens is 1. The molecule has 9 nitrogen and oxygen atoms in total. The van der Waals surface area contributed by atoms with Gasteiger partial charge in [0.05, 0.1) is 16.7 Å². The van der Waals surface area contributed by atoms with Crippen molar-refractivity contribution in [3.8, 4) is 0 Å². The van der Waals surface area contributed by atoms with Crippen molar-refractivity contribution in [3.63, 3.8) is 0 Å². The van der Waals surface area contributed by atoms with E-state index < -0.39 is 36.0 Å². The highest BCUT2D eigenvalue weighted by molar-refractivity contribution is 6.56. The summed E-state index contributed by atoms with van der Waals surface area (Å²) in [5.74, 6) is -1.12. The summed E-state index contributed by atoms with van der Waals surface area (Å²) in [5, 5.41) is 19.2. The number of alkyl carbamates (subject to hydrolysis) is 1. The van der Waals surface area contributed by atoms with Crippen LogP contribution in [0.25, 0.3) is 17.0 Å². The Balaban J connectivity index is 1.94. The van der Waals surface area contributed by atoms with Gasteiger partial charge >= 0.3 is 19.2 Å². The summed E-state index contributed by atoms with van der Waals surface area (Å²) >= 11 is 0. The number of nitrogens with zero attached hydrogens (tertiary/aromatic N) is 1. The molecule has 2 heterocycles. The summed E-state index contributed by atoms with van der Waals surface area (Å²) in [6.45, 7) is 13.3. The Morgan fingerprint density at radius 3 is 2.41 bits per heavy atom. The molecule has 0 atom stereocenters. The lowest BCUT2D eigenvalue weighted by atomic mass is 9.77. The van der Waals surface area contributed by atoms with Crippen LogP contribution >= 0.6 is 0 Å². The molecule has 2 aromatic rings. The average molecular weight is 443 g/mol. The molecule has 0 spiro atoms. The van der Waals surface area contributed by atoms with Gasteiger partial charge in [-0.15, -0.1) is 0 Å². The number of nitrogens with one attached hydrogen (secondary N) is 2. The molecule has 0 aliphatic carbocycles. The van der Waals surface area contributed by atoms with Gasteiger partial charge in [-0.1, -0.05) is 12.1 Å². The van der Waals surface area contributed by atoms with Crippen LogP contribution in [0.2, 0.25) is 0 Å². The first kappa shape index (κ1) is 23.8. The monoisotopic (exact) mass is 443 g/mol. The Labute approximate surface area is 187 Å². The first-order valence-corrected chi connectivity index (χ1v) is 10.4. The van der Waals surface area contributed by atoms with Gasteiger partial charge in [-0.3, -0.25) is 5.10 Å². The molecule has 10 heteroatoms. The van der Waals surface area contributed by atoms with Crippen LogP contribution in [0.15, 0.2) is 23.7 Å². The van der Waals surface area contributed by atoms with Crippen molar-refractivity contribution >= 4 is 36.2 Å². The quantitative estimate of drug-likeness (QED) is 0.601. The van der Waals surface area contributed by atoms with Crippen LogP contribution in [0.1, 0.15) is 64.5 Å². The zero-order chi connectivity index (χ0) is 23.9. The molecule has 1 fully saturated rings. The molecular formula is C22H30BN3O6. The molecule has 1 saturated heterocycles. The molecular weight excluding hydrogens is 413 g/mol. The first-order chi connectivity index (χ1) is 14.7. The van der Waals surface area contributed by atoms with Crippen LogP contribution in [0.5, 0.6) is 0 Å². The topological polar surface area (TPSA) is 123 Å². The third-order valence-corrected chi connectivity index (χ3v) is 5.53. The van der Waals surface area contributed by atoms with Crippen LogP contribution in [-0.2, 0) is 14.0 Å². The maximum Gasteiger partial charge on any atom is 0.492 e. The van der Waals surface area contributed by atoms with E-state index in [1.807, 2.05) is 39.8 Å². The Kier molecular flexibility index (Phi) is 6.14. The fraction of sp³-hybridized carbons (Fsp3) is 0.500. The number of carboxylic acid groups (broad SMARTS) is 1. The second-order valence-corrected chi connectivity index (χ2v) is 9.85. The van der Waals surface area contributed by atoms with Gasteiger partial charge in [-0.05, 0) is 71.6 Å². The molecule has 1 aliphatic heterocycles. The number of ether oxygens (including phenoxy) is 1. The van der Waals surface area contributed by atoms with Crippen LogP contribution in [0.3, 0.4) is 0 Å². The Bertz CT molecular complexity index is 1050. The Morgan fingerprint density at radius 1 is 1.22 bits per heavy atom. The summed E-state index contributed by atoms with van der Waals surface area (Å²) in [5.41, 5.74) is 0.188. The van der Waals surface area contributed by atoms with E-state index in [0.717, 1.165) is 5.56 Å². The van der Waals surface area contributed by atoms with Gasteiger partial charge in [0.15, 0.2) is 5.69 Å². The van der Waals surface area contributed by atoms with E-state index in [-0.39, 0.29) is 12.2 Å². The van der Waals surface area contributed by atoms with Gasteiger partial charge in [0, 0.05) is 11.9 Å². The first-order valence-electron chi connectivity index (χ1n) is 10.4. The number of amides is 1. The Morgan fingerprint density at radius 2 is 1.84 bits per heavy atom. The highest BCUT2D eigenvalue weighted by atomic mass is 16.7. The van der Waals surface area contributed by atoms with Crippen LogP contribution in [0.4, 0.5) is 4.79 Å². The average Bonchev–Trinajstić information content (AvgIpc) is 3.14. The van der Waals surface area contributed by atoms with Crippen molar-refractivity contribution in [2.24, 2.45) is 0 Å². The molecule has 172 valence electrons. The molecule has 0 unspecified atom stereocenters. The zero-order valence-corrected chi connectivity index (χ0v) is 19.5. The van der Waals surface area contributed by atoms with E-state index in [1.165, 1.54) is 0 Å². The van der Waals surface area contributed by atoms with Crippen LogP contribution < -0.4 is 5.32 Å². The van der Waals surface area contributed by atoms with Gasteiger partial charge in [0.25, 0.3) is 0 Å². The largest absolute Gasteiger partial charge is 0.492 e. The second kappa shape index (κ2) is 8.25. The highest BCUT2D eigenvalue weighted by Gasteiger charge is 2.52. The maximum atomic E-state index is 12.2. The predicted molar refractivity (Wildman–Crippen MR) is 121 cm³/mol. The summed E-state index contributed by atoms with van der Waals surface area (Å²) < 4.78 is 17.7. The van der Waals surface area contributed by atoms with Crippen molar-refractivity contribution in [3.05, 3.63) is 34.9 Å². The SMILES string of the molecule is CC(C)(C)OC(=O)NCC(=Cc1ccc2[nH]nc(C(=O)O)c2c1)B1OC(C)(C)C(C)(C)O1. The van der Waals surface area contributed by atoms with Crippen LogP contribution in [0, 0.1) is 0 Å². The smallest absolute Gasteiger partial charge is 0.476 e. The molecule has 0 radical (unpaired) electrons. The van der Waals surface area contributed by atoms with E-state index in [9.17, 15) is 14.7 Å². The Hall–Kier alpha value is -2.85. The molecule has 1 aliphatic rings. The predicted octanol–water partition coefficient (Wildman–Crippen LogP) is 3.80. The van der Waals surface area contributed by atoms with Gasteiger partial charge in [-0.25, -0.2) is 9.59 Å². The van der Waals surface area contributed by atoms with Crippen molar-refractivity contribution in [1.82, 2.24) is 15.5 Å². The fourth-order valence-electron chi connectivity index (χ4n) is 3.18. The number of carbonyl (C=O) groups is 2. The van der Waals surface area contributed by atoms with Gasteiger partial charge in [0.1, 0.15) is 5.60 Å². The summed E-state index contributed by atoms with van der Waals surface area (Å²) in [6, 6.07) is 5.30. The van der Waals surface area contributed by atoms with Crippen molar-refractivity contribution in [2.75, 3.05) is 6.54 Å². The molecule has 1 aromatic carbocycles. The van der Waals surface area contributed by atoms with E-state index >= 15 is 0 Å². The minimum absolute atomic E-state index is 0.0562. The number of benzene rings is 1. The summed E-state index contributed by atoms with van der Waals surface area (Å²) in [4.78, 5) is 23.7. The van der Waals surface area contributed by atoms with Crippen molar-refractivity contribution < 1.29 is 28.7 Å². The van der Waals surface area contributed by atoms with Gasteiger partial charge in [-0.2, -0.15) is 5.10 Å². The molecule has 1 amide bonds. The number of hydrogen-bond acceptors (Lipinski definition) is 6. The number of carbonyl (C=O) groups excluding carboxylic acids is 1. The molecule has 3 rings (SSSR count). The normalized spacial score (nSPS) is 18.1. The number of hydrogen-bond donors (Lipinski definition) is 3. The highest BCUT2D eigenvalue weighted by Crippen LogP contribution is 2.38.